The molecule has 10 nitrogen and oxygen atoms in total. The van der Waals surface area contributed by atoms with Crippen LogP contribution in [0, 0.1) is 17.3 Å². The number of ether oxygens (including phenoxy) is 3. The molecule has 2 aromatic rings. The Bertz CT molecular complexity index is 1950. The SMILES string of the molecule is COCCO[C@]1(CN2CCN3CCCC[C@@H]3C2)/C=C/C[C@H](C)[C@@H](C)S(=O)(=O)NC(=O)c2ccc3c(c2)N(CC2(C)CC[C@H]21)C[C@@]1(CCCc2cc(Cl)ccc21)CO3. The molecule has 1 N–H and O–H groups in total. The Kier molecular flexibility index (Phi) is 11.8. The van der Waals surface area contributed by atoms with Crippen LogP contribution in [0.1, 0.15) is 93.6 Å². The zero-order valence-electron chi connectivity index (χ0n) is 34.4. The molecule has 57 heavy (non-hydrogen) atoms. The van der Waals surface area contributed by atoms with Gasteiger partial charge in [-0.2, -0.15) is 0 Å². The number of halogens is 1. The van der Waals surface area contributed by atoms with Crippen LogP contribution in [0.4, 0.5) is 5.69 Å². The number of carbonyl (C=O) groups is 1. The van der Waals surface area contributed by atoms with Crippen LogP contribution in [0.5, 0.6) is 5.75 Å². The molecule has 1 amide bonds. The van der Waals surface area contributed by atoms with E-state index in [1.165, 1.54) is 36.9 Å². The average Bonchev–Trinajstić information content (AvgIpc) is 3.33. The molecule has 2 bridgehead atoms. The molecule has 8 rings (SSSR count). The van der Waals surface area contributed by atoms with Crippen molar-refractivity contribution in [3.8, 4) is 5.75 Å². The van der Waals surface area contributed by atoms with Crippen LogP contribution in [0.3, 0.4) is 0 Å². The second kappa shape index (κ2) is 16.4. The first-order valence-electron chi connectivity index (χ1n) is 21.5. The number of allylic oxidation sites excluding steroid dienone is 1. The van der Waals surface area contributed by atoms with Gasteiger partial charge in [0.25, 0.3) is 5.91 Å². The van der Waals surface area contributed by atoms with Crippen LogP contribution in [0.2, 0.25) is 5.02 Å². The highest BCUT2D eigenvalue weighted by molar-refractivity contribution is 7.90. The summed E-state index contributed by atoms with van der Waals surface area (Å²) in [5.41, 5.74) is 2.62. The number of methoxy groups -OCH3 is 1. The molecular weight excluding hydrogens is 760 g/mol. The van der Waals surface area contributed by atoms with Crippen LogP contribution in [0.25, 0.3) is 0 Å². The lowest BCUT2D eigenvalue weighted by Gasteiger charge is -2.58. The highest BCUT2D eigenvalue weighted by Crippen LogP contribution is 2.56. The summed E-state index contributed by atoms with van der Waals surface area (Å²) in [6.07, 6.45) is 13.8. The summed E-state index contributed by atoms with van der Waals surface area (Å²) in [6.45, 7) is 14.1. The van der Waals surface area contributed by atoms with Gasteiger partial charge in [0.2, 0.25) is 10.0 Å². The Morgan fingerprint density at radius 1 is 1.00 bits per heavy atom. The van der Waals surface area contributed by atoms with Crippen molar-refractivity contribution in [2.24, 2.45) is 17.3 Å². The van der Waals surface area contributed by atoms with Crippen molar-refractivity contribution < 1.29 is 27.4 Å². The van der Waals surface area contributed by atoms with Gasteiger partial charge >= 0.3 is 0 Å². The van der Waals surface area contributed by atoms with Gasteiger partial charge in [-0.05, 0) is 124 Å². The van der Waals surface area contributed by atoms with Crippen LogP contribution < -0.4 is 14.4 Å². The summed E-state index contributed by atoms with van der Waals surface area (Å²) in [6, 6.07) is 12.3. The monoisotopic (exact) mass is 822 g/mol. The summed E-state index contributed by atoms with van der Waals surface area (Å²) < 4.78 is 49.6. The molecule has 312 valence electrons. The average molecular weight is 824 g/mol. The van der Waals surface area contributed by atoms with Crippen molar-refractivity contribution in [1.82, 2.24) is 14.5 Å². The maximum absolute atomic E-state index is 13.8. The molecule has 0 radical (unpaired) electrons. The fourth-order valence-electron chi connectivity index (χ4n) is 11.2. The summed E-state index contributed by atoms with van der Waals surface area (Å²) in [5, 5.41) is -0.0490. The number of hydrogen-bond donors (Lipinski definition) is 1. The van der Waals surface area contributed by atoms with Crippen molar-refractivity contribution in [3.05, 3.63) is 70.3 Å². The normalized spacial score (nSPS) is 35.1. The van der Waals surface area contributed by atoms with Crippen molar-refractivity contribution in [2.45, 2.75) is 101 Å². The smallest absolute Gasteiger partial charge is 0.264 e. The third kappa shape index (κ3) is 8.15. The number of fused-ring (bicyclic) bond motifs is 5. The number of amides is 1. The molecule has 4 aliphatic heterocycles. The number of piperazine rings is 1. The first-order valence-corrected chi connectivity index (χ1v) is 23.4. The number of rotatable bonds is 6. The van der Waals surface area contributed by atoms with E-state index in [1.54, 1.807) is 20.1 Å². The van der Waals surface area contributed by atoms with E-state index >= 15 is 0 Å². The number of aryl methyl sites for hydroxylation is 1. The van der Waals surface area contributed by atoms with E-state index < -0.39 is 26.8 Å². The van der Waals surface area contributed by atoms with Gasteiger partial charge in [-0.3, -0.25) is 14.6 Å². The Morgan fingerprint density at radius 3 is 2.67 bits per heavy atom. The van der Waals surface area contributed by atoms with E-state index in [-0.39, 0.29) is 22.7 Å². The highest BCUT2D eigenvalue weighted by Gasteiger charge is 2.56. The Morgan fingerprint density at radius 2 is 1.86 bits per heavy atom. The van der Waals surface area contributed by atoms with Crippen LogP contribution >= 0.6 is 11.6 Å². The zero-order chi connectivity index (χ0) is 40.0. The fourth-order valence-corrected chi connectivity index (χ4v) is 12.7. The fraction of sp³-hybridized carbons (Fsp3) is 0.667. The number of benzene rings is 2. The maximum atomic E-state index is 13.8. The molecule has 1 unspecified atom stereocenters. The quantitative estimate of drug-likeness (QED) is 0.248. The maximum Gasteiger partial charge on any atom is 0.264 e. The standard InChI is InChI=1S/C45H63ClN4O6S/c1-32-9-7-18-45(56-24-23-54-4,30-48-21-22-49-20-6-5-11-37(49)27-48)41-16-19-43(41,3)28-50-29-44(17-8-10-34-25-36(46)13-14-38(34)44)31-55-40-15-12-35(26-39(40)50)42(51)47-57(52,53)33(32)2/h7,12-15,18,25-26,32-33,37,41H,5-6,8-11,16-17,19-24,27-31H2,1-4H3,(H,47,51)/b18-7+/t32-,33+,37+,41+,43?,44-,45-/m0/s1. The molecule has 2 aliphatic carbocycles. The number of nitrogens with zero attached hydrogens (tertiary/aromatic N) is 3. The molecule has 1 saturated carbocycles. The van der Waals surface area contributed by atoms with Crippen molar-refractivity contribution in [3.63, 3.8) is 0 Å². The number of hydrogen-bond acceptors (Lipinski definition) is 9. The van der Waals surface area contributed by atoms with E-state index in [0.717, 1.165) is 75.5 Å². The molecule has 4 heterocycles. The Hall–Kier alpha value is -2.67. The summed E-state index contributed by atoms with van der Waals surface area (Å²) in [4.78, 5) is 21.6. The predicted molar refractivity (Wildman–Crippen MR) is 226 cm³/mol. The van der Waals surface area contributed by atoms with Gasteiger partial charge in [0, 0.05) is 68.4 Å². The van der Waals surface area contributed by atoms with E-state index in [2.05, 4.69) is 50.6 Å². The third-order valence-corrected chi connectivity index (χ3v) is 16.9. The minimum Gasteiger partial charge on any atom is -0.490 e. The Labute approximate surface area is 345 Å². The number of anilines is 1. The molecule has 1 spiro atoms. The summed E-state index contributed by atoms with van der Waals surface area (Å²) in [5.74, 6) is 0.0321. The van der Waals surface area contributed by atoms with Gasteiger partial charge in [0.15, 0.2) is 0 Å². The predicted octanol–water partition coefficient (Wildman–Crippen LogP) is 6.85. The van der Waals surface area contributed by atoms with Crippen LogP contribution in [0.15, 0.2) is 48.6 Å². The molecular formula is C45H63ClN4O6S. The van der Waals surface area contributed by atoms with Gasteiger partial charge < -0.3 is 19.1 Å². The second-order valence-electron chi connectivity index (χ2n) is 18.5. The first-order chi connectivity index (χ1) is 27.3. The van der Waals surface area contributed by atoms with Gasteiger partial charge in [-0.25, -0.2) is 13.1 Å². The van der Waals surface area contributed by atoms with Crippen molar-refractivity contribution in [2.75, 3.05) is 77.6 Å². The van der Waals surface area contributed by atoms with E-state index in [1.807, 2.05) is 25.1 Å². The number of nitrogens with one attached hydrogen (secondary N) is 1. The molecule has 2 aromatic carbocycles. The summed E-state index contributed by atoms with van der Waals surface area (Å²) in [7, 11) is -2.26. The topological polar surface area (TPSA) is 101 Å². The van der Waals surface area contributed by atoms with E-state index in [9.17, 15) is 13.2 Å². The third-order valence-electron chi connectivity index (χ3n) is 14.8. The molecule has 3 fully saturated rings. The van der Waals surface area contributed by atoms with Crippen molar-refractivity contribution >= 4 is 33.2 Å². The van der Waals surface area contributed by atoms with E-state index in [0.29, 0.717) is 50.1 Å². The van der Waals surface area contributed by atoms with Crippen LogP contribution in [-0.4, -0.2) is 114 Å². The van der Waals surface area contributed by atoms with Crippen LogP contribution in [-0.2, 0) is 31.3 Å². The first kappa shape index (κ1) is 41.1. The molecule has 7 atom stereocenters. The number of sulfonamides is 1. The van der Waals surface area contributed by atoms with E-state index in [4.69, 9.17) is 25.8 Å². The summed E-state index contributed by atoms with van der Waals surface area (Å²) >= 11 is 6.56. The minimum atomic E-state index is -3.99. The highest BCUT2D eigenvalue weighted by atomic mass is 35.5. The lowest BCUT2D eigenvalue weighted by molar-refractivity contribution is -0.153. The van der Waals surface area contributed by atoms with Gasteiger partial charge in [-0.1, -0.05) is 50.1 Å². The second-order valence-corrected chi connectivity index (χ2v) is 21.0. The van der Waals surface area contributed by atoms with Gasteiger partial charge in [0.05, 0.1) is 30.8 Å². The number of piperidine rings is 1. The molecule has 0 aromatic heterocycles. The number of carbonyl (C=O) groups excluding carboxylic acids is 1. The van der Waals surface area contributed by atoms with Gasteiger partial charge in [0.1, 0.15) is 11.4 Å². The Balaban J connectivity index is 1.23. The lowest BCUT2D eigenvalue weighted by Crippen LogP contribution is -2.64. The van der Waals surface area contributed by atoms with Gasteiger partial charge in [-0.15, -0.1) is 0 Å². The zero-order valence-corrected chi connectivity index (χ0v) is 36.0. The minimum absolute atomic E-state index is 0.151. The molecule has 2 saturated heterocycles. The molecule has 12 heteroatoms. The lowest BCUT2D eigenvalue weighted by atomic mass is 9.54. The van der Waals surface area contributed by atoms with Crippen molar-refractivity contribution in [1.29, 1.82) is 0 Å². The molecule has 6 aliphatic rings. The largest absolute Gasteiger partial charge is 0.490 e.